The van der Waals surface area contributed by atoms with Crippen LogP contribution in [0.2, 0.25) is 0 Å². The molecule has 0 saturated heterocycles. The van der Waals surface area contributed by atoms with E-state index in [9.17, 15) is 9.90 Å². The SMILES string of the molecule is Cc1nc(NC(=O)c2ccc(Br)c(O)c2)ccc1Br. The van der Waals surface area contributed by atoms with E-state index >= 15 is 0 Å². The second-order valence-electron chi connectivity index (χ2n) is 3.88. The average Bonchev–Trinajstić information content (AvgIpc) is 2.37. The highest BCUT2D eigenvalue weighted by Gasteiger charge is 2.09. The second-order valence-corrected chi connectivity index (χ2v) is 5.59. The van der Waals surface area contributed by atoms with Crippen molar-refractivity contribution in [2.75, 3.05) is 5.32 Å². The molecule has 1 aromatic heterocycles. The van der Waals surface area contributed by atoms with Crippen LogP contribution in [0, 0.1) is 6.92 Å². The monoisotopic (exact) mass is 384 g/mol. The number of nitrogens with zero attached hydrogens (tertiary/aromatic N) is 1. The Morgan fingerprint density at radius 1 is 1.21 bits per heavy atom. The van der Waals surface area contributed by atoms with E-state index in [1.807, 2.05) is 13.0 Å². The summed E-state index contributed by atoms with van der Waals surface area (Å²) in [5.41, 5.74) is 1.15. The van der Waals surface area contributed by atoms with Crippen molar-refractivity contribution in [1.29, 1.82) is 0 Å². The lowest BCUT2D eigenvalue weighted by Crippen LogP contribution is -2.13. The molecule has 1 aromatic carbocycles. The Morgan fingerprint density at radius 3 is 2.53 bits per heavy atom. The van der Waals surface area contributed by atoms with Gasteiger partial charge in [0.05, 0.1) is 10.2 Å². The van der Waals surface area contributed by atoms with E-state index in [1.165, 1.54) is 6.07 Å². The first kappa shape index (κ1) is 14.0. The molecule has 0 aliphatic heterocycles. The zero-order valence-corrected chi connectivity index (χ0v) is 13.1. The molecule has 0 unspecified atom stereocenters. The molecule has 0 bridgehead atoms. The van der Waals surface area contributed by atoms with Gasteiger partial charge in [0.15, 0.2) is 0 Å². The standard InChI is InChI=1S/C13H10Br2N2O2/c1-7-9(14)4-5-12(16-7)17-13(19)8-2-3-10(15)11(18)6-8/h2-6,18H,1H3,(H,16,17,19). The number of carbonyl (C=O) groups is 1. The third-order valence-electron chi connectivity index (χ3n) is 2.47. The van der Waals surface area contributed by atoms with Crippen molar-refractivity contribution in [3.63, 3.8) is 0 Å². The van der Waals surface area contributed by atoms with Crippen LogP contribution in [0.25, 0.3) is 0 Å². The lowest BCUT2D eigenvalue weighted by molar-refractivity contribution is 0.102. The summed E-state index contributed by atoms with van der Waals surface area (Å²) in [4.78, 5) is 16.2. The van der Waals surface area contributed by atoms with Crippen LogP contribution in [0.4, 0.5) is 5.82 Å². The van der Waals surface area contributed by atoms with Crippen molar-refractivity contribution < 1.29 is 9.90 Å². The number of amides is 1. The molecule has 0 radical (unpaired) electrons. The van der Waals surface area contributed by atoms with Crippen molar-refractivity contribution >= 4 is 43.6 Å². The lowest BCUT2D eigenvalue weighted by Gasteiger charge is -2.07. The number of halogens is 2. The van der Waals surface area contributed by atoms with Crippen LogP contribution in [0.15, 0.2) is 39.3 Å². The van der Waals surface area contributed by atoms with Gasteiger partial charge in [0.1, 0.15) is 11.6 Å². The number of carbonyl (C=O) groups excluding carboxylic acids is 1. The maximum atomic E-state index is 12.0. The topological polar surface area (TPSA) is 62.2 Å². The number of rotatable bonds is 2. The summed E-state index contributed by atoms with van der Waals surface area (Å²) in [5, 5.41) is 12.2. The minimum absolute atomic E-state index is 0.0209. The number of hydrogen-bond donors (Lipinski definition) is 2. The van der Waals surface area contributed by atoms with Gasteiger partial charge in [-0.1, -0.05) is 0 Å². The molecular weight excluding hydrogens is 376 g/mol. The van der Waals surface area contributed by atoms with E-state index in [1.54, 1.807) is 18.2 Å². The van der Waals surface area contributed by atoms with Gasteiger partial charge in [0, 0.05) is 10.0 Å². The fraction of sp³-hybridized carbons (Fsp3) is 0.0769. The Balaban J connectivity index is 2.20. The third kappa shape index (κ3) is 3.33. The van der Waals surface area contributed by atoms with Gasteiger partial charge >= 0.3 is 0 Å². The first-order valence-corrected chi connectivity index (χ1v) is 6.99. The number of phenolic OH excluding ortho intramolecular Hbond substituents is 1. The van der Waals surface area contributed by atoms with Gasteiger partial charge in [0.2, 0.25) is 0 Å². The number of aromatic nitrogens is 1. The van der Waals surface area contributed by atoms with Crippen molar-refractivity contribution in [2.24, 2.45) is 0 Å². The van der Waals surface area contributed by atoms with E-state index in [4.69, 9.17) is 0 Å². The van der Waals surface area contributed by atoms with E-state index in [-0.39, 0.29) is 11.7 Å². The van der Waals surface area contributed by atoms with Crippen LogP contribution in [0.3, 0.4) is 0 Å². The zero-order chi connectivity index (χ0) is 14.0. The first-order valence-electron chi connectivity index (χ1n) is 5.40. The van der Waals surface area contributed by atoms with Gasteiger partial charge in [-0.15, -0.1) is 0 Å². The molecule has 0 atom stereocenters. The third-order valence-corrected chi connectivity index (χ3v) is 3.98. The number of hydrogen-bond acceptors (Lipinski definition) is 3. The molecule has 1 amide bonds. The molecule has 2 N–H and O–H groups in total. The average molecular weight is 386 g/mol. The smallest absolute Gasteiger partial charge is 0.256 e. The fourth-order valence-corrected chi connectivity index (χ4v) is 1.92. The minimum atomic E-state index is -0.322. The maximum Gasteiger partial charge on any atom is 0.256 e. The molecule has 0 aliphatic carbocycles. The normalized spacial score (nSPS) is 10.3. The molecule has 19 heavy (non-hydrogen) atoms. The first-order chi connectivity index (χ1) is 8.97. The Bertz CT molecular complexity index is 645. The van der Waals surface area contributed by atoms with E-state index in [2.05, 4.69) is 42.2 Å². The number of aromatic hydroxyl groups is 1. The van der Waals surface area contributed by atoms with Crippen LogP contribution in [-0.4, -0.2) is 16.0 Å². The number of benzene rings is 1. The zero-order valence-electron chi connectivity index (χ0n) is 9.95. The highest BCUT2D eigenvalue weighted by atomic mass is 79.9. The summed E-state index contributed by atoms with van der Waals surface area (Å²) < 4.78 is 1.42. The number of aryl methyl sites for hydroxylation is 1. The van der Waals surface area contributed by atoms with Crippen molar-refractivity contribution in [3.8, 4) is 5.75 Å². The molecule has 2 rings (SSSR count). The van der Waals surface area contributed by atoms with Gasteiger partial charge in [-0.3, -0.25) is 4.79 Å². The fourth-order valence-electron chi connectivity index (χ4n) is 1.46. The van der Waals surface area contributed by atoms with E-state index in [0.717, 1.165) is 10.2 Å². The summed E-state index contributed by atoms with van der Waals surface area (Å²) >= 11 is 6.51. The van der Waals surface area contributed by atoms with E-state index in [0.29, 0.717) is 15.9 Å². The second kappa shape index (κ2) is 5.71. The number of pyridine rings is 1. The molecule has 0 fully saturated rings. The van der Waals surface area contributed by atoms with E-state index < -0.39 is 0 Å². The highest BCUT2D eigenvalue weighted by molar-refractivity contribution is 9.10. The predicted octanol–water partition coefficient (Wildman–Crippen LogP) is 3.87. The molecule has 0 aliphatic rings. The van der Waals surface area contributed by atoms with Crippen molar-refractivity contribution in [1.82, 2.24) is 4.98 Å². The van der Waals surface area contributed by atoms with Gasteiger partial charge < -0.3 is 10.4 Å². The molecule has 0 saturated carbocycles. The van der Waals surface area contributed by atoms with Gasteiger partial charge in [-0.2, -0.15) is 0 Å². The lowest BCUT2D eigenvalue weighted by atomic mass is 10.2. The quantitative estimate of drug-likeness (QED) is 0.824. The molecular formula is C13H10Br2N2O2. The summed E-state index contributed by atoms with van der Waals surface area (Å²) in [6.45, 7) is 1.84. The highest BCUT2D eigenvalue weighted by Crippen LogP contribution is 2.24. The Labute approximate surface area is 127 Å². The van der Waals surface area contributed by atoms with Crippen LogP contribution >= 0.6 is 31.9 Å². The molecule has 2 aromatic rings. The predicted molar refractivity (Wildman–Crippen MR) is 80.4 cm³/mol. The van der Waals surface area contributed by atoms with Crippen molar-refractivity contribution in [2.45, 2.75) is 6.92 Å². The van der Waals surface area contributed by atoms with Gasteiger partial charge in [0.25, 0.3) is 5.91 Å². The largest absolute Gasteiger partial charge is 0.507 e. The van der Waals surface area contributed by atoms with Crippen LogP contribution in [0.5, 0.6) is 5.75 Å². The van der Waals surface area contributed by atoms with Gasteiger partial charge in [-0.25, -0.2) is 4.98 Å². The number of nitrogens with one attached hydrogen (secondary N) is 1. The molecule has 4 nitrogen and oxygen atoms in total. The van der Waals surface area contributed by atoms with Crippen LogP contribution in [-0.2, 0) is 0 Å². The molecule has 6 heteroatoms. The minimum Gasteiger partial charge on any atom is -0.507 e. The van der Waals surface area contributed by atoms with Crippen molar-refractivity contribution in [3.05, 3.63) is 50.5 Å². The molecule has 98 valence electrons. The van der Waals surface area contributed by atoms with Crippen LogP contribution in [0.1, 0.15) is 16.1 Å². The number of phenols is 1. The Morgan fingerprint density at radius 2 is 1.89 bits per heavy atom. The summed E-state index contributed by atoms with van der Waals surface area (Å²) in [6.07, 6.45) is 0. The summed E-state index contributed by atoms with van der Waals surface area (Å²) in [7, 11) is 0. The molecule has 0 spiro atoms. The molecule has 1 heterocycles. The van der Waals surface area contributed by atoms with Gasteiger partial charge in [-0.05, 0) is 69.1 Å². The Hall–Kier alpha value is -1.40. The van der Waals surface area contributed by atoms with Crippen LogP contribution < -0.4 is 5.32 Å². The maximum absolute atomic E-state index is 12.0. The summed E-state index contributed by atoms with van der Waals surface area (Å²) in [5.74, 6) is 0.165. The number of anilines is 1. The Kier molecular flexibility index (Phi) is 4.21. The summed E-state index contributed by atoms with van der Waals surface area (Å²) in [6, 6.07) is 8.14.